The van der Waals surface area contributed by atoms with Crippen molar-refractivity contribution in [1.29, 1.82) is 0 Å². The van der Waals surface area contributed by atoms with E-state index in [1.807, 2.05) is 13.8 Å². The van der Waals surface area contributed by atoms with Crippen LogP contribution in [0.5, 0.6) is 0 Å². The van der Waals surface area contributed by atoms with Gasteiger partial charge in [0.25, 0.3) is 0 Å². The molecule has 0 amide bonds. The molecule has 17 heavy (non-hydrogen) atoms. The average molecular weight is 257 g/mol. The molecule has 5 heteroatoms. The van der Waals surface area contributed by atoms with Crippen LogP contribution in [-0.2, 0) is 11.3 Å². The van der Waals surface area contributed by atoms with Crippen molar-refractivity contribution in [2.75, 3.05) is 0 Å². The van der Waals surface area contributed by atoms with E-state index in [0.29, 0.717) is 17.3 Å². The second-order valence-corrected chi connectivity index (χ2v) is 4.42. The zero-order chi connectivity index (χ0) is 12.8. The zero-order valence-corrected chi connectivity index (χ0v) is 10.7. The molecule has 0 saturated heterocycles. The van der Waals surface area contributed by atoms with Crippen LogP contribution < -0.4 is 5.32 Å². The van der Waals surface area contributed by atoms with Crippen molar-refractivity contribution in [3.8, 4) is 0 Å². The van der Waals surface area contributed by atoms with Gasteiger partial charge in [0.2, 0.25) is 0 Å². The molecule has 2 atom stereocenters. The van der Waals surface area contributed by atoms with E-state index < -0.39 is 12.0 Å². The molecule has 0 saturated carbocycles. The van der Waals surface area contributed by atoms with E-state index >= 15 is 0 Å². The normalized spacial score (nSPS) is 14.3. The zero-order valence-electron chi connectivity index (χ0n) is 9.98. The van der Waals surface area contributed by atoms with E-state index in [9.17, 15) is 4.79 Å². The van der Waals surface area contributed by atoms with Crippen LogP contribution in [0.25, 0.3) is 0 Å². The lowest BCUT2D eigenvalue weighted by Gasteiger charge is -2.20. The first-order valence-electron chi connectivity index (χ1n) is 5.61. The van der Waals surface area contributed by atoms with E-state index in [0.717, 1.165) is 6.42 Å². The highest BCUT2D eigenvalue weighted by atomic mass is 35.5. The van der Waals surface area contributed by atoms with Gasteiger partial charge in [0.05, 0.1) is 10.7 Å². The van der Waals surface area contributed by atoms with Crippen molar-refractivity contribution in [3.05, 3.63) is 29.0 Å². The summed E-state index contributed by atoms with van der Waals surface area (Å²) in [5.74, 6) is -0.776. The fraction of sp³-hybridized carbons (Fsp3) is 0.500. The van der Waals surface area contributed by atoms with Crippen LogP contribution in [0.1, 0.15) is 26.0 Å². The van der Waals surface area contributed by atoms with Gasteiger partial charge in [-0.05, 0) is 18.1 Å². The summed E-state index contributed by atoms with van der Waals surface area (Å²) in [6, 6.07) is 2.91. The van der Waals surface area contributed by atoms with Gasteiger partial charge in [0.1, 0.15) is 6.04 Å². The van der Waals surface area contributed by atoms with E-state index in [-0.39, 0.29) is 5.92 Å². The highest BCUT2D eigenvalue weighted by molar-refractivity contribution is 6.31. The second-order valence-electron chi connectivity index (χ2n) is 4.01. The standard InChI is InChI=1S/C12H17ClN2O2/c1-3-8(2)11(12(16)17)15-7-10-9(13)5-4-6-14-10/h4-6,8,11,15H,3,7H2,1-2H3,(H,16,17)/t8-,11-/m0/s1. The molecule has 94 valence electrons. The van der Waals surface area contributed by atoms with Crippen molar-refractivity contribution >= 4 is 17.6 Å². The van der Waals surface area contributed by atoms with Crippen LogP contribution in [0.4, 0.5) is 0 Å². The molecular formula is C12H17ClN2O2. The van der Waals surface area contributed by atoms with Gasteiger partial charge in [-0.3, -0.25) is 15.1 Å². The van der Waals surface area contributed by atoms with Crippen molar-refractivity contribution in [2.45, 2.75) is 32.9 Å². The number of aliphatic carboxylic acids is 1. The predicted molar refractivity (Wildman–Crippen MR) is 67.0 cm³/mol. The maximum atomic E-state index is 11.1. The molecule has 0 fully saturated rings. The van der Waals surface area contributed by atoms with Gasteiger partial charge in [-0.1, -0.05) is 31.9 Å². The molecule has 0 aliphatic carbocycles. The number of carboxylic acid groups (broad SMARTS) is 1. The number of aromatic nitrogens is 1. The Kier molecular flexibility index (Phi) is 5.38. The van der Waals surface area contributed by atoms with Crippen LogP contribution in [0.15, 0.2) is 18.3 Å². The maximum absolute atomic E-state index is 11.1. The Labute approximate surface area is 106 Å². The smallest absolute Gasteiger partial charge is 0.320 e. The summed E-state index contributed by atoms with van der Waals surface area (Å²) in [5, 5.41) is 12.6. The lowest BCUT2D eigenvalue weighted by Crippen LogP contribution is -2.41. The maximum Gasteiger partial charge on any atom is 0.320 e. The summed E-state index contributed by atoms with van der Waals surface area (Å²) >= 11 is 5.95. The second kappa shape index (κ2) is 6.57. The molecule has 1 aromatic rings. The summed E-state index contributed by atoms with van der Waals surface area (Å²) in [6.45, 7) is 4.24. The Hall–Kier alpha value is -1.13. The Bertz CT molecular complexity index is 385. The van der Waals surface area contributed by atoms with E-state index in [1.54, 1.807) is 18.3 Å². The molecule has 0 aromatic carbocycles. The highest BCUT2D eigenvalue weighted by Gasteiger charge is 2.22. The number of pyridine rings is 1. The summed E-state index contributed by atoms with van der Waals surface area (Å²) < 4.78 is 0. The van der Waals surface area contributed by atoms with Gasteiger partial charge in [-0.2, -0.15) is 0 Å². The first kappa shape index (κ1) is 13.9. The van der Waals surface area contributed by atoms with Crippen LogP contribution in [-0.4, -0.2) is 22.1 Å². The molecule has 0 aliphatic heterocycles. The predicted octanol–water partition coefficient (Wildman–Crippen LogP) is 2.32. The van der Waals surface area contributed by atoms with E-state index in [2.05, 4.69) is 10.3 Å². The van der Waals surface area contributed by atoms with E-state index in [4.69, 9.17) is 16.7 Å². The fourth-order valence-corrected chi connectivity index (χ4v) is 1.71. The topological polar surface area (TPSA) is 62.2 Å². The van der Waals surface area contributed by atoms with Crippen molar-refractivity contribution in [2.24, 2.45) is 5.92 Å². The molecule has 1 rings (SSSR count). The molecule has 0 bridgehead atoms. The highest BCUT2D eigenvalue weighted by Crippen LogP contribution is 2.13. The Morgan fingerprint density at radius 2 is 2.35 bits per heavy atom. The van der Waals surface area contributed by atoms with Gasteiger partial charge < -0.3 is 5.11 Å². The molecule has 0 spiro atoms. The third-order valence-electron chi connectivity index (χ3n) is 2.80. The van der Waals surface area contributed by atoms with Gasteiger partial charge in [0, 0.05) is 12.7 Å². The number of hydrogen-bond acceptors (Lipinski definition) is 3. The molecule has 0 radical (unpaired) electrons. The number of rotatable bonds is 6. The lowest BCUT2D eigenvalue weighted by molar-refractivity contribution is -0.140. The number of nitrogens with zero attached hydrogens (tertiary/aromatic N) is 1. The first-order valence-corrected chi connectivity index (χ1v) is 5.99. The van der Waals surface area contributed by atoms with Crippen LogP contribution >= 0.6 is 11.6 Å². The molecular weight excluding hydrogens is 240 g/mol. The monoisotopic (exact) mass is 256 g/mol. The lowest BCUT2D eigenvalue weighted by atomic mass is 9.99. The number of hydrogen-bond donors (Lipinski definition) is 2. The van der Waals surface area contributed by atoms with Gasteiger partial charge in [-0.15, -0.1) is 0 Å². The minimum atomic E-state index is -0.841. The molecule has 1 heterocycles. The third-order valence-corrected chi connectivity index (χ3v) is 3.15. The van der Waals surface area contributed by atoms with E-state index in [1.165, 1.54) is 0 Å². The largest absolute Gasteiger partial charge is 0.480 e. The minimum Gasteiger partial charge on any atom is -0.480 e. The van der Waals surface area contributed by atoms with Crippen molar-refractivity contribution in [3.63, 3.8) is 0 Å². The molecule has 0 aliphatic rings. The van der Waals surface area contributed by atoms with Crippen LogP contribution in [0.2, 0.25) is 5.02 Å². The molecule has 2 N–H and O–H groups in total. The number of nitrogens with one attached hydrogen (secondary N) is 1. The Balaban J connectivity index is 2.64. The SMILES string of the molecule is CC[C@H](C)[C@H](NCc1ncccc1Cl)C(=O)O. The quantitative estimate of drug-likeness (QED) is 0.820. The number of carboxylic acids is 1. The van der Waals surface area contributed by atoms with Gasteiger partial charge in [-0.25, -0.2) is 0 Å². The molecule has 1 aromatic heterocycles. The first-order chi connectivity index (χ1) is 8.06. The number of halogens is 1. The van der Waals surface area contributed by atoms with Gasteiger partial charge in [0.15, 0.2) is 0 Å². The van der Waals surface area contributed by atoms with Gasteiger partial charge >= 0.3 is 5.97 Å². The van der Waals surface area contributed by atoms with Crippen LogP contribution in [0.3, 0.4) is 0 Å². The third kappa shape index (κ3) is 3.98. The summed E-state index contributed by atoms with van der Waals surface area (Å²) in [5.41, 5.74) is 0.670. The van der Waals surface area contributed by atoms with Crippen molar-refractivity contribution < 1.29 is 9.90 Å². The Morgan fingerprint density at radius 3 is 2.88 bits per heavy atom. The van der Waals surface area contributed by atoms with Crippen molar-refractivity contribution in [1.82, 2.24) is 10.3 Å². The average Bonchev–Trinajstić information content (AvgIpc) is 2.30. The summed E-state index contributed by atoms with van der Waals surface area (Å²) in [4.78, 5) is 15.2. The summed E-state index contributed by atoms with van der Waals surface area (Å²) in [7, 11) is 0. The minimum absolute atomic E-state index is 0.0648. The molecule has 0 unspecified atom stereocenters. The molecule has 4 nitrogen and oxygen atoms in total. The Morgan fingerprint density at radius 1 is 1.65 bits per heavy atom. The fourth-order valence-electron chi connectivity index (χ4n) is 1.52. The number of carbonyl (C=O) groups is 1. The van der Waals surface area contributed by atoms with Crippen LogP contribution in [0, 0.1) is 5.92 Å². The summed E-state index contributed by atoms with van der Waals surface area (Å²) in [6.07, 6.45) is 2.45.